The molecule has 0 aromatic rings. The Balaban J connectivity index is 1.67. The van der Waals surface area contributed by atoms with Crippen molar-refractivity contribution in [2.45, 2.75) is 44.8 Å². The third-order valence-electron chi connectivity index (χ3n) is 3.75. The standard InChI is InChI=1S/C13H26N2O/c1-3-15(9-11-4-5-11)10-13-7-6-12(16-13)8-14-2/h11-14H,3-10H2,1-2H3. The molecule has 2 atom stereocenters. The van der Waals surface area contributed by atoms with Gasteiger partial charge in [0.25, 0.3) is 0 Å². The van der Waals surface area contributed by atoms with Crippen LogP contribution in [0.1, 0.15) is 32.6 Å². The van der Waals surface area contributed by atoms with Crippen LogP contribution in [0.5, 0.6) is 0 Å². The minimum Gasteiger partial charge on any atom is -0.372 e. The van der Waals surface area contributed by atoms with E-state index in [4.69, 9.17) is 4.74 Å². The van der Waals surface area contributed by atoms with Crippen LogP contribution in [0.2, 0.25) is 0 Å². The largest absolute Gasteiger partial charge is 0.372 e. The van der Waals surface area contributed by atoms with Crippen molar-refractivity contribution in [1.82, 2.24) is 10.2 Å². The average Bonchev–Trinajstić information content (AvgIpc) is 2.99. The summed E-state index contributed by atoms with van der Waals surface area (Å²) in [5, 5.41) is 3.20. The quantitative estimate of drug-likeness (QED) is 0.712. The lowest BCUT2D eigenvalue weighted by Gasteiger charge is -2.24. The zero-order valence-electron chi connectivity index (χ0n) is 10.7. The van der Waals surface area contributed by atoms with E-state index in [0.717, 1.165) is 19.0 Å². The Labute approximate surface area is 99.5 Å². The molecule has 2 unspecified atom stereocenters. The molecule has 2 rings (SSSR count). The van der Waals surface area contributed by atoms with E-state index in [1.54, 1.807) is 0 Å². The average molecular weight is 226 g/mol. The molecule has 1 saturated heterocycles. The number of nitrogens with one attached hydrogen (secondary N) is 1. The van der Waals surface area contributed by atoms with Crippen molar-refractivity contribution in [3.05, 3.63) is 0 Å². The summed E-state index contributed by atoms with van der Waals surface area (Å²) in [6, 6.07) is 0. The van der Waals surface area contributed by atoms with Gasteiger partial charge in [-0.2, -0.15) is 0 Å². The predicted molar refractivity (Wildman–Crippen MR) is 66.7 cm³/mol. The van der Waals surface area contributed by atoms with Gasteiger partial charge in [0.1, 0.15) is 0 Å². The molecule has 3 heteroatoms. The van der Waals surface area contributed by atoms with Gasteiger partial charge in [-0.25, -0.2) is 0 Å². The van der Waals surface area contributed by atoms with Gasteiger partial charge in [-0.05, 0) is 45.2 Å². The van der Waals surface area contributed by atoms with Crippen molar-refractivity contribution in [2.24, 2.45) is 5.92 Å². The maximum atomic E-state index is 6.03. The van der Waals surface area contributed by atoms with Crippen molar-refractivity contribution >= 4 is 0 Å². The number of hydrogen-bond acceptors (Lipinski definition) is 3. The maximum absolute atomic E-state index is 6.03. The monoisotopic (exact) mass is 226 g/mol. The minimum atomic E-state index is 0.453. The molecule has 0 bridgehead atoms. The topological polar surface area (TPSA) is 24.5 Å². The van der Waals surface area contributed by atoms with Crippen molar-refractivity contribution in [1.29, 1.82) is 0 Å². The zero-order valence-corrected chi connectivity index (χ0v) is 10.7. The van der Waals surface area contributed by atoms with Crippen molar-refractivity contribution in [3.63, 3.8) is 0 Å². The molecule has 3 nitrogen and oxygen atoms in total. The molecule has 0 aromatic carbocycles. The van der Waals surface area contributed by atoms with Crippen LogP contribution >= 0.6 is 0 Å². The molecular weight excluding hydrogens is 200 g/mol. The van der Waals surface area contributed by atoms with Gasteiger partial charge >= 0.3 is 0 Å². The normalized spacial score (nSPS) is 30.2. The second-order valence-corrected chi connectivity index (χ2v) is 5.31. The Morgan fingerprint density at radius 1 is 1.12 bits per heavy atom. The second kappa shape index (κ2) is 5.99. The van der Waals surface area contributed by atoms with Gasteiger partial charge in [-0.3, -0.25) is 0 Å². The van der Waals surface area contributed by atoms with Crippen LogP contribution in [-0.2, 0) is 4.74 Å². The highest BCUT2D eigenvalue weighted by atomic mass is 16.5. The van der Waals surface area contributed by atoms with Gasteiger partial charge in [0.2, 0.25) is 0 Å². The molecule has 16 heavy (non-hydrogen) atoms. The lowest BCUT2D eigenvalue weighted by molar-refractivity contribution is 0.0243. The molecule has 0 spiro atoms. The first-order valence-corrected chi connectivity index (χ1v) is 6.84. The van der Waals surface area contributed by atoms with E-state index in [1.165, 1.54) is 38.8 Å². The summed E-state index contributed by atoms with van der Waals surface area (Å²) in [4.78, 5) is 2.57. The first-order chi connectivity index (χ1) is 7.81. The Morgan fingerprint density at radius 3 is 2.50 bits per heavy atom. The fourth-order valence-corrected chi connectivity index (χ4v) is 2.58. The molecule has 2 aliphatic rings. The summed E-state index contributed by atoms with van der Waals surface area (Å²) < 4.78 is 6.03. The number of likely N-dealkylation sites (N-methyl/N-ethyl adjacent to an activating group) is 2. The van der Waals surface area contributed by atoms with E-state index in [-0.39, 0.29) is 0 Å². The van der Waals surface area contributed by atoms with Crippen molar-refractivity contribution in [3.8, 4) is 0 Å². The van der Waals surface area contributed by atoms with E-state index < -0.39 is 0 Å². The van der Waals surface area contributed by atoms with Crippen LogP contribution in [0.15, 0.2) is 0 Å². The summed E-state index contributed by atoms with van der Waals surface area (Å²) >= 11 is 0. The molecule has 1 heterocycles. The lowest BCUT2D eigenvalue weighted by Crippen LogP contribution is -2.34. The number of nitrogens with zero attached hydrogens (tertiary/aromatic N) is 1. The summed E-state index contributed by atoms with van der Waals surface area (Å²) in [6.07, 6.45) is 6.31. The second-order valence-electron chi connectivity index (χ2n) is 5.31. The number of hydrogen-bond donors (Lipinski definition) is 1. The zero-order chi connectivity index (χ0) is 11.4. The minimum absolute atomic E-state index is 0.453. The van der Waals surface area contributed by atoms with E-state index in [9.17, 15) is 0 Å². The first kappa shape index (κ1) is 12.3. The SMILES string of the molecule is CCN(CC1CC1)CC1CCC(CNC)O1. The van der Waals surface area contributed by atoms with Gasteiger partial charge < -0.3 is 15.0 Å². The smallest absolute Gasteiger partial charge is 0.0707 e. The molecule has 0 amide bonds. The lowest BCUT2D eigenvalue weighted by atomic mass is 10.2. The van der Waals surface area contributed by atoms with Crippen LogP contribution in [0.25, 0.3) is 0 Å². The molecule has 0 radical (unpaired) electrons. The molecule has 2 fully saturated rings. The van der Waals surface area contributed by atoms with Gasteiger partial charge in [0, 0.05) is 19.6 Å². The third kappa shape index (κ3) is 3.72. The fraction of sp³-hybridized carbons (Fsp3) is 1.00. The van der Waals surface area contributed by atoms with Crippen molar-refractivity contribution < 1.29 is 4.74 Å². The summed E-state index contributed by atoms with van der Waals surface area (Å²) in [5.74, 6) is 0.995. The van der Waals surface area contributed by atoms with E-state index >= 15 is 0 Å². The Morgan fingerprint density at radius 2 is 1.88 bits per heavy atom. The van der Waals surface area contributed by atoms with E-state index in [1.807, 2.05) is 7.05 Å². The maximum Gasteiger partial charge on any atom is 0.0707 e. The first-order valence-electron chi connectivity index (χ1n) is 6.84. The third-order valence-corrected chi connectivity index (χ3v) is 3.75. The number of rotatable bonds is 7. The van der Waals surface area contributed by atoms with Crippen molar-refractivity contribution in [2.75, 3.05) is 33.2 Å². The van der Waals surface area contributed by atoms with Crippen LogP contribution in [-0.4, -0.2) is 50.3 Å². The van der Waals surface area contributed by atoms with Gasteiger partial charge in [-0.15, -0.1) is 0 Å². The summed E-state index contributed by atoms with van der Waals surface area (Å²) in [5.41, 5.74) is 0. The van der Waals surface area contributed by atoms with Crippen LogP contribution in [0.3, 0.4) is 0 Å². The van der Waals surface area contributed by atoms with Gasteiger partial charge in [-0.1, -0.05) is 6.92 Å². The van der Waals surface area contributed by atoms with Crippen LogP contribution < -0.4 is 5.32 Å². The van der Waals surface area contributed by atoms with Crippen LogP contribution in [0, 0.1) is 5.92 Å². The summed E-state index contributed by atoms with van der Waals surface area (Å²) in [6.45, 7) is 6.89. The molecule has 1 aliphatic carbocycles. The summed E-state index contributed by atoms with van der Waals surface area (Å²) in [7, 11) is 2.00. The van der Waals surface area contributed by atoms with Crippen LogP contribution in [0.4, 0.5) is 0 Å². The molecule has 94 valence electrons. The van der Waals surface area contributed by atoms with Gasteiger partial charge in [0.05, 0.1) is 12.2 Å². The molecule has 1 N–H and O–H groups in total. The Bertz CT molecular complexity index is 206. The molecular formula is C13H26N2O. The highest BCUT2D eigenvalue weighted by Crippen LogP contribution is 2.30. The fourth-order valence-electron chi connectivity index (χ4n) is 2.58. The van der Waals surface area contributed by atoms with Gasteiger partial charge in [0.15, 0.2) is 0 Å². The molecule has 1 saturated carbocycles. The Hall–Kier alpha value is -0.120. The molecule has 0 aromatic heterocycles. The number of ether oxygens (including phenoxy) is 1. The predicted octanol–water partition coefficient (Wildman–Crippen LogP) is 1.49. The van der Waals surface area contributed by atoms with E-state index in [2.05, 4.69) is 17.1 Å². The Kier molecular flexibility index (Phi) is 4.62. The molecule has 1 aliphatic heterocycles. The highest BCUT2D eigenvalue weighted by molar-refractivity contribution is 4.81. The highest BCUT2D eigenvalue weighted by Gasteiger charge is 2.28. The van der Waals surface area contributed by atoms with E-state index in [0.29, 0.717) is 12.2 Å².